The quantitative estimate of drug-likeness (QED) is 0.115. The number of aliphatic hydroxyl groups excluding tert-OH is 1. The first-order chi connectivity index (χ1) is 17.4. The lowest BCUT2D eigenvalue weighted by Crippen LogP contribution is -2.45. The molecule has 194 valence electrons. The molecule has 4 N–H and O–H groups in total. The van der Waals surface area contributed by atoms with E-state index in [-0.39, 0.29) is 58.1 Å². The van der Waals surface area contributed by atoms with E-state index < -0.39 is 28.7 Å². The van der Waals surface area contributed by atoms with Gasteiger partial charge in [0.1, 0.15) is 12.8 Å². The fourth-order valence-corrected chi connectivity index (χ4v) is 3.03. The smallest absolute Gasteiger partial charge is 0.269 e. The third-order valence-electron chi connectivity index (χ3n) is 4.84. The Morgan fingerprint density at radius 2 is 1.58 bits per heavy atom. The Morgan fingerprint density at radius 1 is 0.917 bits per heavy atom. The Hall–Kier alpha value is -3.87. The van der Waals surface area contributed by atoms with Crippen molar-refractivity contribution in [2.24, 2.45) is 0 Å². The number of nitro benzene ring substituents is 1. The van der Waals surface area contributed by atoms with Crippen LogP contribution in [0.3, 0.4) is 0 Å². The molecule has 2 aromatic carbocycles. The minimum atomic E-state index is -0.930. The van der Waals surface area contributed by atoms with Crippen molar-refractivity contribution in [3.8, 4) is 0 Å². The molecule has 0 aromatic heterocycles. The van der Waals surface area contributed by atoms with Crippen LogP contribution in [0.15, 0.2) is 54.6 Å². The van der Waals surface area contributed by atoms with Crippen molar-refractivity contribution in [3.63, 3.8) is 0 Å². The monoisotopic (exact) mass is 502 g/mol. The molecular formula is C24H30N4O8. The zero-order valence-electron chi connectivity index (χ0n) is 19.7. The molecule has 0 radical (unpaired) electrons. The lowest BCUT2D eigenvalue weighted by Gasteiger charge is -2.19. The Bertz CT molecular complexity index is 985. The van der Waals surface area contributed by atoms with Crippen LogP contribution in [-0.4, -0.2) is 67.0 Å². The number of nitrogens with zero attached hydrogens (tertiary/aromatic N) is 1. The van der Waals surface area contributed by atoms with E-state index in [1.54, 1.807) is 0 Å². The first kappa shape index (κ1) is 28.4. The number of hydrogen-bond acceptors (Lipinski definition) is 8. The van der Waals surface area contributed by atoms with E-state index >= 15 is 0 Å². The molecule has 0 saturated carbocycles. The molecule has 12 nitrogen and oxygen atoms in total. The third kappa shape index (κ3) is 11.0. The molecule has 0 aliphatic rings. The van der Waals surface area contributed by atoms with Gasteiger partial charge in [-0.3, -0.25) is 24.5 Å². The Balaban J connectivity index is 1.86. The topological polar surface area (TPSA) is 169 Å². The summed E-state index contributed by atoms with van der Waals surface area (Å²) in [5.74, 6) is -1.37. The number of nitro groups is 1. The molecular weight excluding hydrogens is 472 g/mol. The van der Waals surface area contributed by atoms with Gasteiger partial charge in [-0.05, 0) is 17.7 Å². The molecule has 0 aliphatic carbocycles. The summed E-state index contributed by atoms with van der Waals surface area (Å²) in [7, 11) is 0. The van der Waals surface area contributed by atoms with Crippen LogP contribution in [0.2, 0.25) is 0 Å². The first-order valence-corrected chi connectivity index (χ1v) is 11.3. The van der Waals surface area contributed by atoms with Gasteiger partial charge in [-0.15, -0.1) is 0 Å². The number of non-ortho nitro benzene ring substituents is 1. The molecule has 2 aromatic rings. The van der Waals surface area contributed by atoms with E-state index in [0.29, 0.717) is 5.69 Å². The fraction of sp³-hybridized carbons (Fsp3) is 0.375. The summed E-state index contributed by atoms with van der Waals surface area (Å²) in [6, 6.07) is 13.5. The molecule has 12 heteroatoms. The van der Waals surface area contributed by atoms with E-state index in [9.17, 15) is 24.5 Å². The van der Waals surface area contributed by atoms with Gasteiger partial charge in [0.05, 0.1) is 31.4 Å². The molecule has 0 unspecified atom stereocenters. The number of amides is 3. The predicted octanol–water partition coefficient (Wildman–Crippen LogP) is 1.14. The maximum atomic E-state index is 12.9. The Kier molecular flexibility index (Phi) is 12.5. The van der Waals surface area contributed by atoms with Gasteiger partial charge in [-0.1, -0.05) is 30.3 Å². The first-order valence-electron chi connectivity index (χ1n) is 11.3. The van der Waals surface area contributed by atoms with Crippen molar-refractivity contribution >= 4 is 29.1 Å². The van der Waals surface area contributed by atoms with Crippen LogP contribution in [0, 0.1) is 10.1 Å². The predicted molar refractivity (Wildman–Crippen MR) is 130 cm³/mol. The average molecular weight is 503 g/mol. The van der Waals surface area contributed by atoms with Crippen LogP contribution in [-0.2, 0) is 30.3 Å². The second-order valence-electron chi connectivity index (χ2n) is 7.59. The highest BCUT2D eigenvalue weighted by Gasteiger charge is 2.22. The molecule has 0 heterocycles. The van der Waals surface area contributed by atoms with Gasteiger partial charge in [0.15, 0.2) is 0 Å². The van der Waals surface area contributed by atoms with Gasteiger partial charge < -0.3 is 30.5 Å². The molecule has 0 saturated heterocycles. The minimum Gasteiger partial charge on any atom is -0.394 e. The second kappa shape index (κ2) is 15.9. The minimum absolute atomic E-state index is 0.0444. The summed E-state index contributed by atoms with van der Waals surface area (Å²) in [6.45, 7) is 0.609. The molecule has 2 rings (SSSR count). The maximum Gasteiger partial charge on any atom is 0.269 e. The average Bonchev–Trinajstić information content (AvgIpc) is 2.87. The van der Waals surface area contributed by atoms with Crippen molar-refractivity contribution in [1.82, 2.24) is 10.6 Å². The van der Waals surface area contributed by atoms with Crippen molar-refractivity contribution in [2.75, 3.05) is 38.5 Å². The van der Waals surface area contributed by atoms with E-state index in [2.05, 4.69) is 16.0 Å². The number of aliphatic hydroxyl groups is 1. The largest absolute Gasteiger partial charge is 0.394 e. The molecule has 3 amide bonds. The van der Waals surface area contributed by atoms with Crippen LogP contribution in [0.4, 0.5) is 11.4 Å². The summed E-state index contributed by atoms with van der Waals surface area (Å²) < 4.78 is 10.2. The molecule has 1 atom stereocenters. The second-order valence-corrected chi connectivity index (χ2v) is 7.59. The zero-order chi connectivity index (χ0) is 26.2. The van der Waals surface area contributed by atoms with Crippen LogP contribution in [0.25, 0.3) is 0 Å². The highest BCUT2D eigenvalue weighted by Crippen LogP contribution is 2.16. The van der Waals surface area contributed by atoms with Crippen LogP contribution < -0.4 is 16.0 Å². The molecule has 0 bridgehead atoms. The van der Waals surface area contributed by atoms with Crippen molar-refractivity contribution in [3.05, 3.63) is 70.3 Å². The number of carbonyl (C=O) groups excluding carboxylic acids is 3. The van der Waals surface area contributed by atoms with Gasteiger partial charge in [-0.2, -0.15) is 0 Å². The maximum absolute atomic E-state index is 12.9. The number of ether oxygens (including phenoxy) is 2. The summed E-state index contributed by atoms with van der Waals surface area (Å²) in [5.41, 5.74) is 1.06. The fourth-order valence-electron chi connectivity index (χ4n) is 3.03. The number of rotatable bonds is 16. The Labute approximate surface area is 208 Å². The van der Waals surface area contributed by atoms with E-state index in [1.807, 2.05) is 30.3 Å². The molecule has 0 spiro atoms. The van der Waals surface area contributed by atoms with Crippen molar-refractivity contribution < 1.29 is 33.9 Å². The van der Waals surface area contributed by atoms with Crippen LogP contribution in [0.5, 0.6) is 0 Å². The highest BCUT2D eigenvalue weighted by molar-refractivity contribution is 5.97. The zero-order valence-corrected chi connectivity index (χ0v) is 19.7. The Morgan fingerprint density at radius 3 is 2.25 bits per heavy atom. The van der Waals surface area contributed by atoms with Gasteiger partial charge in [0.25, 0.3) is 5.69 Å². The molecule has 0 fully saturated rings. The number of carbonyl (C=O) groups is 3. The molecule has 0 aliphatic heterocycles. The SMILES string of the molecule is O=C(CCC(=O)N[C@@H](Cc1ccccc1)C(=O)Nc1ccc([N+](=O)[O-])cc1)NCOCCOCCO. The highest BCUT2D eigenvalue weighted by atomic mass is 16.6. The number of benzene rings is 2. The van der Waals surface area contributed by atoms with E-state index in [4.69, 9.17) is 14.6 Å². The summed E-state index contributed by atoms with van der Waals surface area (Å²) >= 11 is 0. The van der Waals surface area contributed by atoms with E-state index in [0.717, 1.165) is 5.56 Å². The van der Waals surface area contributed by atoms with Gasteiger partial charge in [0.2, 0.25) is 17.7 Å². The third-order valence-corrected chi connectivity index (χ3v) is 4.84. The van der Waals surface area contributed by atoms with Crippen molar-refractivity contribution in [1.29, 1.82) is 0 Å². The number of nitrogens with one attached hydrogen (secondary N) is 3. The standard InChI is InChI=1S/C24H30N4O8/c29-12-13-35-14-15-36-17-25-22(30)10-11-23(31)27-21(16-18-4-2-1-3-5-18)24(32)26-19-6-8-20(9-7-19)28(33)34/h1-9,21,29H,10-17H2,(H,25,30)(H,26,32)(H,27,31)/t21-/m0/s1. The van der Waals surface area contributed by atoms with Crippen LogP contribution >= 0.6 is 0 Å². The van der Waals surface area contributed by atoms with E-state index in [1.165, 1.54) is 24.3 Å². The normalized spacial score (nSPS) is 11.4. The summed E-state index contributed by atoms with van der Waals surface area (Å²) in [4.78, 5) is 47.6. The lowest BCUT2D eigenvalue weighted by molar-refractivity contribution is -0.384. The lowest BCUT2D eigenvalue weighted by atomic mass is 10.0. The number of hydrogen-bond donors (Lipinski definition) is 4. The van der Waals surface area contributed by atoms with Gasteiger partial charge in [0, 0.05) is 37.1 Å². The summed E-state index contributed by atoms with van der Waals surface area (Å²) in [5, 5.41) is 27.3. The van der Waals surface area contributed by atoms with Gasteiger partial charge in [-0.25, -0.2) is 0 Å². The number of anilines is 1. The van der Waals surface area contributed by atoms with Crippen LogP contribution in [0.1, 0.15) is 18.4 Å². The summed E-state index contributed by atoms with van der Waals surface area (Å²) in [6.07, 6.45) is -0.0242. The molecule has 36 heavy (non-hydrogen) atoms. The van der Waals surface area contributed by atoms with Gasteiger partial charge >= 0.3 is 0 Å². The van der Waals surface area contributed by atoms with Crippen molar-refractivity contribution in [2.45, 2.75) is 25.3 Å².